The van der Waals surface area contributed by atoms with Gasteiger partial charge in [0.05, 0.1) is 17.7 Å². The van der Waals surface area contributed by atoms with Crippen molar-refractivity contribution in [1.29, 1.82) is 0 Å². The van der Waals surface area contributed by atoms with Crippen LogP contribution in [0, 0.1) is 5.82 Å². The quantitative estimate of drug-likeness (QED) is 0.759. The molecule has 0 heterocycles. The third-order valence-electron chi connectivity index (χ3n) is 2.77. The molecule has 2 aromatic rings. The summed E-state index contributed by atoms with van der Waals surface area (Å²) in [5.41, 5.74) is 0.337. The fraction of sp³-hybridized carbons (Fsp3) is 0.188. The van der Waals surface area contributed by atoms with E-state index in [9.17, 15) is 9.18 Å². The maximum absolute atomic E-state index is 13.8. The second-order valence-electron chi connectivity index (χ2n) is 4.30. The summed E-state index contributed by atoms with van der Waals surface area (Å²) in [5.74, 6) is -0.577. The monoisotopic (exact) mass is 292 g/mol. The third-order valence-corrected chi connectivity index (χ3v) is 3.00. The zero-order chi connectivity index (χ0) is 14.5. The lowest BCUT2D eigenvalue weighted by Gasteiger charge is -2.10. The SMILES string of the molecule is CCCOc1ccccc1C(=O)c1ccc(Cl)cc1F. The van der Waals surface area contributed by atoms with E-state index >= 15 is 0 Å². The van der Waals surface area contributed by atoms with E-state index in [1.807, 2.05) is 6.92 Å². The van der Waals surface area contributed by atoms with Crippen molar-refractivity contribution in [1.82, 2.24) is 0 Å². The van der Waals surface area contributed by atoms with Crippen molar-refractivity contribution in [2.24, 2.45) is 0 Å². The molecule has 0 spiro atoms. The van der Waals surface area contributed by atoms with Gasteiger partial charge in [0.1, 0.15) is 11.6 Å². The predicted molar refractivity (Wildman–Crippen MR) is 77.1 cm³/mol. The van der Waals surface area contributed by atoms with Gasteiger partial charge in [-0.1, -0.05) is 30.7 Å². The Kier molecular flexibility index (Phi) is 4.74. The van der Waals surface area contributed by atoms with E-state index in [1.54, 1.807) is 24.3 Å². The molecule has 0 N–H and O–H groups in total. The number of ketones is 1. The molecule has 0 aliphatic heterocycles. The Balaban J connectivity index is 2.38. The number of hydrogen-bond donors (Lipinski definition) is 0. The van der Waals surface area contributed by atoms with Gasteiger partial charge < -0.3 is 4.74 Å². The van der Waals surface area contributed by atoms with E-state index in [0.29, 0.717) is 17.9 Å². The van der Waals surface area contributed by atoms with Crippen molar-refractivity contribution >= 4 is 17.4 Å². The second kappa shape index (κ2) is 6.53. The lowest BCUT2D eigenvalue weighted by Crippen LogP contribution is -2.07. The molecule has 0 fully saturated rings. The van der Waals surface area contributed by atoms with Crippen molar-refractivity contribution in [2.45, 2.75) is 13.3 Å². The molecular formula is C16H14ClFO2. The van der Waals surface area contributed by atoms with Crippen LogP contribution in [-0.2, 0) is 0 Å². The molecule has 0 aliphatic rings. The fourth-order valence-electron chi connectivity index (χ4n) is 1.81. The van der Waals surface area contributed by atoms with E-state index in [-0.39, 0.29) is 10.6 Å². The summed E-state index contributed by atoms with van der Waals surface area (Å²) in [4.78, 5) is 12.4. The van der Waals surface area contributed by atoms with Crippen molar-refractivity contribution in [3.63, 3.8) is 0 Å². The molecule has 0 aliphatic carbocycles. The van der Waals surface area contributed by atoms with E-state index in [2.05, 4.69) is 0 Å². The Hall–Kier alpha value is -1.87. The van der Waals surface area contributed by atoms with Crippen LogP contribution in [0.4, 0.5) is 4.39 Å². The molecule has 2 aromatic carbocycles. The molecule has 0 aromatic heterocycles. The fourth-order valence-corrected chi connectivity index (χ4v) is 1.97. The molecule has 0 saturated heterocycles. The lowest BCUT2D eigenvalue weighted by molar-refractivity contribution is 0.103. The van der Waals surface area contributed by atoms with Crippen LogP contribution in [0.2, 0.25) is 5.02 Å². The Bertz CT molecular complexity index is 626. The molecule has 0 unspecified atom stereocenters. The number of halogens is 2. The minimum Gasteiger partial charge on any atom is -0.493 e. The highest BCUT2D eigenvalue weighted by atomic mass is 35.5. The molecule has 4 heteroatoms. The number of ether oxygens (including phenoxy) is 1. The van der Waals surface area contributed by atoms with Crippen molar-refractivity contribution in [2.75, 3.05) is 6.61 Å². The predicted octanol–water partition coefficient (Wildman–Crippen LogP) is 4.50. The highest BCUT2D eigenvalue weighted by Gasteiger charge is 2.18. The Morgan fingerprint density at radius 1 is 1.20 bits per heavy atom. The van der Waals surface area contributed by atoms with E-state index in [4.69, 9.17) is 16.3 Å². The lowest BCUT2D eigenvalue weighted by atomic mass is 10.0. The number of rotatable bonds is 5. The molecule has 0 saturated carbocycles. The van der Waals surface area contributed by atoms with Gasteiger partial charge in [0.25, 0.3) is 0 Å². The summed E-state index contributed by atoms with van der Waals surface area (Å²) >= 11 is 5.69. The van der Waals surface area contributed by atoms with Crippen molar-refractivity contribution in [3.05, 3.63) is 64.4 Å². The molecule has 0 bridgehead atoms. The zero-order valence-corrected chi connectivity index (χ0v) is 11.8. The van der Waals surface area contributed by atoms with Crippen LogP contribution in [0.3, 0.4) is 0 Å². The van der Waals surface area contributed by atoms with Crippen LogP contribution in [0.1, 0.15) is 29.3 Å². The molecule has 2 rings (SSSR count). The third kappa shape index (κ3) is 3.17. The van der Waals surface area contributed by atoms with Gasteiger partial charge in [0, 0.05) is 5.02 Å². The first-order chi connectivity index (χ1) is 9.63. The van der Waals surface area contributed by atoms with Gasteiger partial charge in [-0.2, -0.15) is 0 Å². The van der Waals surface area contributed by atoms with E-state index < -0.39 is 11.6 Å². The minimum absolute atomic E-state index is 0.0121. The van der Waals surface area contributed by atoms with Gasteiger partial charge in [0.15, 0.2) is 5.78 Å². The summed E-state index contributed by atoms with van der Waals surface area (Å²) in [6.07, 6.45) is 0.831. The second-order valence-corrected chi connectivity index (χ2v) is 4.73. The number of benzene rings is 2. The first kappa shape index (κ1) is 14.5. The topological polar surface area (TPSA) is 26.3 Å². The van der Waals surface area contributed by atoms with Crippen LogP contribution in [0.15, 0.2) is 42.5 Å². The highest BCUT2D eigenvalue weighted by molar-refractivity contribution is 6.30. The van der Waals surface area contributed by atoms with Gasteiger partial charge >= 0.3 is 0 Å². The zero-order valence-electron chi connectivity index (χ0n) is 11.0. The number of carbonyl (C=O) groups is 1. The Morgan fingerprint density at radius 2 is 1.95 bits per heavy atom. The van der Waals surface area contributed by atoms with Crippen LogP contribution in [-0.4, -0.2) is 12.4 Å². The van der Waals surface area contributed by atoms with Crippen LogP contribution in [0.5, 0.6) is 5.75 Å². The highest BCUT2D eigenvalue weighted by Crippen LogP contribution is 2.24. The Labute approximate surface area is 122 Å². The van der Waals surface area contributed by atoms with Crippen LogP contribution >= 0.6 is 11.6 Å². The number of hydrogen-bond acceptors (Lipinski definition) is 2. The molecule has 20 heavy (non-hydrogen) atoms. The smallest absolute Gasteiger partial charge is 0.199 e. The first-order valence-electron chi connectivity index (χ1n) is 6.35. The van der Waals surface area contributed by atoms with Gasteiger partial charge in [-0.3, -0.25) is 4.79 Å². The molecular weight excluding hydrogens is 279 g/mol. The van der Waals surface area contributed by atoms with Crippen molar-refractivity contribution < 1.29 is 13.9 Å². The number of carbonyl (C=O) groups excluding carboxylic acids is 1. The molecule has 2 nitrogen and oxygen atoms in total. The van der Waals surface area contributed by atoms with Crippen LogP contribution in [0.25, 0.3) is 0 Å². The average molecular weight is 293 g/mol. The molecule has 0 atom stereocenters. The van der Waals surface area contributed by atoms with E-state index in [0.717, 1.165) is 12.5 Å². The van der Waals surface area contributed by atoms with Crippen molar-refractivity contribution in [3.8, 4) is 5.75 Å². The van der Waals surface area contributed by atoms with Gasteiger partial charge in [-0.05, 0) is 36.8 Å². The van der Waals surface area contributed by atoms with Gasteiger partial charge in [0.2, 0.25) is 0 Å². The summed E-state index contributed by atoms with van der Waals surface area (Å²) in [5, 5.41) is 0.259. The largest absolute Gasteiger partial charge is 0.493 e. The summed E-state index contributed by atoms with van der Waals surface area (Å²) in [6.45, 7) is 2.48. The minimum atomic E-state index is -0.632. The summed E-state index contributed by atoms with van der Waals surface area (Å²) in [6, 6.07) is 10.8. The van der Waals surface area contributed by atoms with Crippen LogP contribution < -0.4 is 4.74 Å². The number of para-hydroxylation sites is 1. The summed E-state index contributed by atoms with van der Waals surface area (Å²) < 4.78 is 19.3. The molecule has 0 radical (unpaired) electrons. The molecule has 0 amide bonds. The van der Waals surface area contributed by atoms with E-state index in [1.165, 1.54) is 12.1 Å². The standard InChI is InChI=1S/C16H14ClFO2/c1-2-9-20-15-6-4-3-5-13(15)16(19)12-8-7-11(17)10-14(12)18/h3-8,10H,2,9H2,1H3. The molecule has 104 valence electrons. The van der Waals surface area contributed by atoms with Gasteiger partial charge in [-0.15, -0.1) is 0 Å². The summed E-state index contributed by atoms with van der Waals surface area (Å²) in [7, 11) is 0. The first-order valence-corrected chi connectivity index (χ1v) is 6.73. The Morgan fingerprint density at radius 3 is 2.65 bits per heavy atom. The normalized spacial score (nSPS) is 10.3. The maximum atomic E-state index is 13.8. The maximum Gasteiger partial charge on any atom is 0.199 e. The average Bonchev–Trinajstić information content (AvgIpc) is 2.45. The van der Waals surface area contributed by atoms with Gasteiger partial charge in [-0.25, -0.2) is 4.39 Å².